The van der Waals surface area contributed by atoms with Crippen molar-refractivity contribution in [3.63, 3.8) is 0 Å². The molecule has 8 heteroatoms. The van der Waals surface area contributed by atoms with Gasteiger partial charge >= 0.3 is 0 Å². The van der Waals surface area contributed by atoms with Crippen molar-refractivity contribution < 1.29 is 9.53 Å². The van der Waals surface area contributed by atoms with E-state index in [9.17, 15) is 9.59 Å². The molecule has 1 aromatic carbocycles. The Labute approximate surface area is 161 Å². The molecule has 1 aromatic heterocycles. The van der Waals surface area contributed by atoms with Crippen LogP contribution in [0.2, 0.25) is 5.02 Å². The summed E-state index contributed by atoms with van der Waals surface area (Å²) in [6.45, 7) is 4.36. The zero-order valence-electron chi connectivity index (χ0n) is 15.1. The van der Waals surface area contributed by atoms with Crippen molar-refractivity contribution in [2.24, 2.45) is 0 Å². The maximum atomic E-state index is 13.0. The maximum Gasteiger partial charge on any atom is 0.271 e. The summed E-state index contributed by atoms with van der Waals surface area (Å²) in [4.78, 5) is 36.1. The second kappa shape index (κ2) is 7.32. The van der Waals surface area contributed by atoms with Crippen LogP contribution in [0.3, 0.4) is 0 Å². The van der Waals surface area contributed by atoms with Crippen molar-refractivity contribution in [3.8, 4) is 0 Å². The van der Waals surface area contributed by atoms with Crippen LogP contribution >= 0.6 is 11.6 Å². The van der Waals surface area contributed by atoms with Gasteiger partial charge in [0.1, 0.15) is 10.8 Å². The van der Waals surface area contributed by atoms with Gasteiger partial charge in [0.15, 0.2) is 5.82 Å². The predicted octanol–water partition coefficient (Wildman–Crippen LogP) is 1.78. The van der Waals surface area contributed by atoms with Crippen molar-refractivity contribution in [2.75, 3.05) is 36.1 Å². The number of halogens is 1. The van der Waals surface area contributed by atoms with E-state index in [2.05, 4.69) is 9.97 Å². The third-order valence-corrected chi connectivity index (χ3v) is 5.34. The predicted molar refractivity (Wildman–Crippen MR) is 104 cm³/mol. The van der Waals surface area contributed by atoms with E-state index in [0.717, 1.165) is 17.7 Å². The quantitative estimate of drug-likeness (QED) is 0.867. The van der Waals surface area contributed by atoms with Crippen LogP contribution in [0.4, 0.5) is 11.5 Å². The number of hydrogen-bond acceptors (Lipinski definition) is 5. The van der Waals surface area contributed by atoms with Crippen LogP contribution in [0, 0.1) is 0 Å². The second-order valence-electron chi connectivity index (χ2n) is 6.87. The number of aromatic nitrogens is 2. The summed E-state index contributed by atoms with van der Waals surface area (Å²) in [7, 11) is 0. The number of H-pyrrole nitrogens is 1. The Hall–Kier alpha value is -2.38. The smallest absolute Gasteiger partial charge is 0.271 e. The number of aromatic amines is 1. The van der Waals surface area contributed by atoms with Gasteiger partial charge in [-0.15, -0.1) is 0 Å². The zero-order valence-corrected chi connectivity index (χ0v) is 15.8. The van der Waals surface area contributed by atoms with Gasteiger partial charge in [-0.05, 0) is 25.0 Å². The van der Waals surface area contributed by atoms with Gasteiger partial charge in [-0.25, -0.2) is 4.98 Å². The van der Waals surface area contributed by atoms with E-state index in [1.165, 1.54) is 0 Å². The molecule has 1 N–H and O–H groups in total. The molecule has 1 saturated heterocycles. The van der Waals surface area contributed by atoms with Crippen LogP contribution in [0.25, 0.3) is 0 Å². The van der Waals surface area contributed by atoms with Gasteiger partial charge in [-0.2, -0.15) is 0 Å². The van der Waals surface area contributed by atoms with E-state index in [4.69, 9.17) is 16.3 Å². The number of benzene rings is 1. The molecule has 7 nitrogen and oxygen atoms in total. The largest absolute Gasteiger partial charge is 0.378 e. The summed E-state index contributed by atoms with van der Waals surface area (Å²) in [5, 5.41) is 0.0491. The number of nitrogens with one attached hydrogen (secondary N) is 1. The normalized spacial score (nSPS) is 19.3. The van der Waals surface area contributed by atoms with Gasteiger partial charge in [-0.1, -0.05) is 29.8 Å². The number of para-hydroxylation sites is 1. The fourth-order valence-corrected chi connectivity index (χ4v) is 3.94. The molecule has 0 radical (unpaired) electrons. The standard InChI is InChI=1S/C19H21ClN4O3/c1-12-10-13-4-2-3-5-14(13)24(12)16(25)11-15-21-18(17(20)19(26)22-15)23-6-8-27-9-7-23/h2-5,12H,6-11H2,1H3,(H,21,22,26). The number of hydrogen-bond donors (Lipinski definition) is 1. The summed E-state index contributed by atoms with van der Waals surface area (Å²) in [5.74, 6) is 0.653. The van der Waals surface area contributed by atoms with Crippen LogP contribution < -0.4 is 15.4 Å². The number of anilines is 2. The molecule has 0 aliphatic carbocycles. The molecule has 0 bridgehead atoms. The highest BCUT2D eigenvalue weighted by atomic mass is 35.5. The number of fused-ring (bicyclic) bond motifs is 1. The number of carbonyl (C=O) groups is 1. The molecule has 1 unspecified atom stereocenters. The van der Waals surface area contributed by atoms with Crippen LogP contribution in [0.5, 0.6) is 0 Å². The van der Waals surface area contributed by atoms with Crippen LogP contribution in [0.1, 0.15) is 18.3 Å². The Morgan fingerprint density at radius 2 is 2.07 bits per heavy atom. The molecule has 4 rings (SSSR count). The molecule has 0 saturated carbocycles. The van der Waals surface area contributed by atoms with Crippen molar-refractivity contribution >= 4 is 29.0 Å². The lowest BCUT2D eigenvalue weighted by atomic mass is 10.1. The van der Waals surface area contributed by atoms with Crippen LogP contribution in [0.15, 0.2) is 29.1 Å². The molecule has 3 heterocycles. The lowest BCUT2D eigenvalue weighted by molar-refractivity contribution is -0.118. The lowest BCUT2D eigenvalue weighted by Gasteiger charge is -2.28. The highest BCUT2D eigenvalue weighted by Gasteiger charge is 2.31. The average molecular weight is 389 g/mol. The van der Waals surface area contributed by atoms with Gasteiger partial charge in [0.05, 0.1) is 19.6 Å². The second-order valence-corrected chi connectivity index (χ2v) is 7.25. The molecule has 0 spiro atoms. The Morgan fingerprint density at radius 1 is 1.33 bits per heavy atom. The van der Waals surface area contributed by atoms with Crippen molar-refractivity contribution in [1.82, 2.24) is 9.97 Å². The number of morpholine rings is 1. The molecule has 2 aliphatic rings. The fraction of sp³-hybridized carbons (Fsp3) is 0.421. The first-order valence-corrected chi connectivity index (χ1v) is 9.43. The number of ether oxygens (including phenoxy) is 1. The maximum absolute atomic E-state index is 13.0. The van der Waals surface area contributed by atoms with E-state index < -0.39 is 5.56 Å². The minimum atomic E-state index is -0.425. The molecule has 1 atom stereocenters. The SMILES string of the molecule is CC1Cc2ccccc2N1C(=O)Cc1nc(N2CCOCC2)c(Cl)c(=O)[nH]1. The monoisotopic (exact) mass is 388 g/mol. The molecular formula is C19H21ClN4O3. The summed E-state index contributed by atoms with van der Waals surface area (Å²) in [6, 6.07) is 7.97. The summed E-state index contributed by atoms with van der Waals surface area (Å²) in [5.41, 5.74) is 1.66. The first-order chi connectivity index (χ1) is 13.0. The number of amides is 1. The summed E-state index contributed by atoms with van der Waals surface area (Å²) in [6.07, 6.45) is 0.841. The zero-order chi connectivity index (χ0) is 19.0. The number of rotatable bonds is 3. The van der Waals surface area contributed by atoms with E-state index >= 15 is 0 Å². The Morgan fingerprint density at radius 3 is 2.85 bits per heavy atom. The molecule has 27 heavy (non-hydrogen) atoms. The van der Waals surface area contributed by atoms with E-state index in [-0.39, 0.29) is 23.4 Å². The molecule has 142 valence electrons. The topological polar surface area (TPSA) is 78.5 Å². The summed E-state index contributed by atoms with van der Waals surface area (Å²) < 4.78 is 5.34. The lowest BCUT2D eigenvalue weighted by Crippen LogP contribution is -2.39. The third-order valence-electron chi connectivity index (χ3n) is 5.00. The molecule has 1 amide bonds. The summed E-state index contributed by atoms with van der Waals surface area (Å²) >= 11 is 6.17. The number of nitrogens with zero attached hydrogens (tertiary/aromatic N) is 3. The molecular weight excluding hydrogens is 368 g/mol. The van der Waals surface area contributed by atoms with Gasteiger partial charge in [0.2, 0.25) is 5.91 Å². The van der Waals surface area contributed by atoms with Gasteiger partial charge < -0.3 is 19.5 Å². The van der Waals surface area contributed by atoms with E-state index in [1.54, 1.807) is 4.90 Å². The molecule has 2 aliphatic heterocycles. The fourth-order valence-electron chi connectivity index (χ4n) is 3.73. The van der Waals surface area contributed by atoms with E-state index in [0.29, 0.717) is 37.9 Å². The number of carbonyl (C=O) groups excluding carboxylic acids is 1. The van der Waals surface area contributed by atoms with Crippen molar-refractivity contribution in [3.05, 3.63) is 51.0 Å². The minimum Gasteiger partial charge on any atom is -0.378 e. The third kappa shape index (κ3) is 3.44. The minimum absolute atomic E-state index is 0.0163. The first kappa shape index (κ1) is 18.0. The highest BCUT2D eigenvalue weighted by Crippen LogP contribution is 2.32. The van der Waals surface area contributed by atoms with Crippen molar-refractivity contribution in [1.29, 1.82) is 0 Å². The van der Waals surface area contributed by atoms with Crippen LogP contribution in [-0.4, -0.2) is 48.2 Å². The Bertz CT molecular complexity index is 923. The molecule has 2 aromatic rings. The first-order valence-electron chi connectivity index (χ1n) is 9.06. The Balaban J connectivity index is 1.60. The van der Waals surface area contributed by atoms with Crippen LogP contribution in [-0.2, 0) is 22.4 Å². The van der Waals surface area contributed by atoms with Crippen molar-refractivity contribution in [2.45, 2.75) is 25.8 Å². The molecule has 1 fully saturated rings. The van der Waals surface area contributed by atoms with Gasteiger partial charge in [0, 0.05) is 24.8 Å². The van der Waals surface area contributed by atoms with Gasteiger partial charge in [-0.3, -0.25) is 9.59 Å². The Kier molecular flexibility index (Phi) is 4.88. The average Bonchev–Trinajstić information content (AvgIpc) is 3.01. The highest BCUT2D eigenvalue weighted by molar-refractivity contribution is 6.32. The van der Waals surface area contributed by atoms with E-state index in [1.807, 2.05) is 36.1 Å². The van der Waals surface area contributed by atoms with Gasteiger partial charge in [0.25, 0.3) is 5.56 Å².